The van der Waals surface area contributed by atoms with E-state index in [0.717, 1.165) is 6.08 Å². The molecule has 0 saturated heterocycles. The highest BCUT2D eigenvalue weighted by Crippen LogP contribution is 1.98. The number of hydrogen-bond acceptors (Lipinski definition) is 3. The highest BCUT2D eigenvalue weighted by Gasteiger charge is 2.02. The lowest BCUT2D eigenvalue weighted by Gasteiger charge is -2.05. The summed E-state index contributed by atoms with van der Waals surface area (Å²) in [6.07, 6.45) is 0.163. The Hall–Kier alpha value is -0.900. The molecule has 0 aliphatic rings. The molecule has 0 radical (unpaired) electrons. The van der Waals surface area contributed by atoms with Gasteiger partial charge in [0.2, 0.25) is 0 Å². The number of aliphatic hydroxyl groups excluding tert-OH is 1. The minimum absolute atomic E-state index is 0.167. The quantitative estimate of drug-likeness (QED) is 0.587. The number of aliphatic hydroxyl groups is 1. The van der Waals surface area contributed by atoms with Crippen LogP contribution in [0.25, 0.3) is 0 Å². The third-order valence-electron chi connectivity index (χ3n) is 0.826. The molecule has 0 aromatic rings. The Morgan fingerprint density at radius 3 is 2.80 bits per heavy atom. The van der Waals surface area contributed by atoms with Crippen LogP contribution in [0.5, 0.6) is 0 Å². The van der Waals surface area contributed by atoms with Crippen LogP contribution in [0.3, 0.4) is 0 Å². The van der Waals surface area contributed by atoms with Gasteiger partial charge in [-0.25, -0.2) is 4.39 Å². The number of halogens is 1. The second kappa shape index (κ2) is 4.93. The smallest absolute Gasteiger partial charge is 0.293 e. The number of carbonyl (C=O) groups is 1. The number of allylic oxidation sites excluding steroid dienone is 1. The molecule has 0 rings (SSSR count). The van der Waals surface area contributed by atoms with Crippen molar-refractivity contribution in [1.29, 1.82) is 0 Å². The zero-order chi connectivity index (χ0) is 7.98. The lowest BCUT2D eigenvalue weighted by atomic mass is 10.3. The van der Waals surface area contributed by atoms with E-state index < -0.39 is 18.5 Å². The summed E-state index contributed by atoms with van der Waals surface area (Å²) < 4.78 is 16.3. The highest BCUT2D eigenvalue weighted by molar-refractivity contribution is 5.38. The molecule has 1 N–H and O–H groups in total. The Balaban J connectivity index is 3.82. The van der Waals surface area contributed by atoms with Gasteiger partial charge in [0, 0.05) is 0 Å². The van der Waals surface area contributed by atoms with Gasteiger partial charge >= 0.3 is 0 Å². The van der Waals surface area contributed by atoms with E-state index >= 15 is 0 Å². The van der Waals surface area contributed by atoms with Crippen LogP contribution in [0, 0.1) is 0 Å². The average molecular weight is 148 g/mol. The van der Waals surface area contributed by atoms with Crippen LogP contribution in [-0.2, 0) is 9.53 Å². The predicted octanol–water partition coefficient (Wildman–Crippen LogP) is 0.394. The van der Waals surface area contributed by atoms with Gasteiger partial charge in [0.05, 0.1) is 12.4 Å². The van der Waals surface area contributed by atoms with Gasteiger partial charge in [0.1, 0.15) is 6.10 Å². The maximum absolute atomic E-state index is 12.0. The maximum Gasteiger partial charge on any atom is 0.293 e. The fourth-order valence-corrected chi connectivity index (χ4v) is 0.463. The molecule has 0 saturated carbocycles. The molecule has 0 aromatic heterocycles. The van der Waals surface area contributed by atoms with Gasteiger partial charge in [-0.15, -0.1) is 0 Å². The van der Waals surface area contributed by atoms with Crippen molar-refractivity contribution >= 4 is 6.47 Å². The van der Waals surface area contributed by atoms with Crippen molar-refractivity contribution in [3.63, 3.8) is 0 Å². The van der Waals surface area contributed by atoms with E-state index in [-0.39, 0.29) is 6.47 Å². The predicted molar refractivity (Wildman–Crippen MR) is 32.9 cm³/mol. The van der Waals surface area contributed by atoms with Crippen molar-refractivity contribution in [3.05, 3.63) is 11.9 Å². The van der Waals surface area contributed by atoms with Crippen LogP contribution in [-0.4, -0.2) is 24.3 Å². The fourth-order valence-electron chi connectivity index (χ4n) is 0.463. The summed E-state index contributed by atoms with van der Waals surface area (Å²) in [5, 5.41) is 8.41. The second-order valence-corrected chi connectivity index (χ2v) is 1.71. The number of rotatable bonds is 4. The summed E-state index contributed by atoms with van der Waals surface area (Å²) in [7, 11) is 0. The Bertz CT molecular complexity index is 129. The first kappa shape index (κ1) is 9.10. The van der Waals surface area contributed by atoms with Crippen LogP contribution >= 0.6 is 0 Å². The van der Waals surface area contributed by atoms with Gasteiger partial charge in [0.15, 0.2) is 0 Å². The summed E-state index contributed by atoms with van der Waals surface area (Å²) in [5.74, 6) is -0.485. The lowest BCUT2D eigenvalue weighted by Crippen LogP contribution is -2.13. The van der Waals surface area contributed by atoms with Crippen LogP contribution in [0.2, 0.25) is 0 Å². The molecule has 10 heavy (non-hydrogen) atoms. The molecule has 0 fully saturated rings. The van der Waals surface area contributed by atoms with Crippen molar-refractivity contribution < 1.29 is 19.0 Å². The van der Waals surface area contributed by atoms with Gasteiger partial charge in [0.25, 0.3) is 6.47 Å². The average Bonchev–Trinajstić information content (AvgIpc) is 1.86. The fraction of sp³-hybridized carbons (Fsp3) is 0.500. The van der Waals surface area contributed by atoms with E-state index in [2.05, 4.69) is 4.74 Å². The van der Waals surface area contributed by atoms with Crippen LogP contribution < -0.4 is 0 Å². The van der Waals surface area contributed by atoms with Crippen molar-refractivity contribution in [2.45, 2.75) is 13.0 Å². The SMILES string of the molecule is C/C(F)=C\[C@@H](CO)OC=O. The minimum Gasteiger partial charge on any atom is -0.458 e. The molecule has 0 bridgehead atoms. The maximum atomic E-state index is 12.0. The van der Waals surface area contributed by atoms with E-state index in [4.69, 9.17) is 5.11 Å². The molecule has 4 heteroatoms. The Labute approximate surface area is 58.1 Å². The standard InChI is InChI=1S/C6H9FO3/c1-5(7)2-6(3-8)10-4-9/h2,4,6,8H,3H2,1H3/b5-2+/t6-/m0/s1. The molecule has 0 unspecified atom stereocenters. The number of hydrogen-bond donors (Lipinski definition) is 1. The van der Waals surface area contributed by atoms with Gasteiger partial charge in [-0.2, -0.15) is 0 Å². The molecule has 0 aromatic carbocycles. The topological polar surface area (TPSA) is 46.5 Å². The first-order valence-corrected chi connectivity index (χ1v) is 2.74. The van der Waals surface area contributed by atoms with Crippen LogP contribution in [0.15, 0.2) is 11.9 Å². The molecule has 0 amide bonds. The van der Waals surface area contributed by atoms with Gasteiger partial charge in [-0.1, -0.05) is 0 Å². The summed E-state index contributed by atoms with van der Waals surface area (Å²) in [6.45, 7) is 0.969. The normalized spacial score (nSPS) is 14.5. The molecule has 1 atom stereocenters. The molecular weight excluding hydrogens is 139 g/mol. The first-order chi connectivity index (χ1) is 4.70. The third kappa shape index (κ3) is 4.03. The van der Waals surface area contributed by atoms with E-state index in [9.17, 15) is 9.18 Å². The lowest BCUT2D eigenvalue weighted by molar-refractivity contribution is -0.133. The molecule has 58 valence electrons. The van der Waals surface area contributed by atoms with Gasteiger partial charge < -0.3 is 9.84 Å². The number of ether oxygens (including phenoxy) is 1. The van der Waals surface area contributed by atoms with Crippen molar-refractivity contribution in [3.8, 4) is 0 Å². The van der Waals surface area contributed by atoms with E-state index in [1.54, 1.807) is 0 Å². The summed E-state index contributed by atoms with van der Waals surface area (Å²) in [6, 6.07) is 0. The zero-order valence-corrected chi connectivity index (χ0v) is 5.58. The highest BCUT2D eigenvalue weighted by atomic mass is 19.1. The van der Waals surface area contributed by atoms with E-state index in [1.165, 1.54) is 6.92 Å². The largest absolute Gasteiger partial charge is 0.458 e. The summed E-state index contributed by atoms with van der Waals surface area (Å²) >= 11 is 0. The molecule has 0 aliphatic heterocycles. The van der Waals surface area contributed by atoms with Crippen LogP contribution in [0.4, 0.5) is 4.39 Å². The molecule has 0 aliphatic carbocycles. The van der Waals surface area contributed by atoms with Crippen molar-refractivity contribution in [2.75, 3.05) is 6.61 Å². The first-order valence-electron chi connectivity index (χ1n) is 2.74. The van der Waals surface area contributed by atoms with Crippen molar-refractivity contribution in [2.24, 2.45) is 0 Å². The Morgan fingerprint density at radius 2 is 2.50 bits per heavy atom. The van der Waals surface area contributed by atoms with Crippen molar-refractivity contribution in [1.82, 2.24) is 0 Å². The molecule has 3 nitrogen and oxygen atoms in total. The van der Waals surface area contributed by atoms with Crippen LogP contribution in [0.1, 0.15) is 6.92 Å². The van der Waals surface area contributed by atoms with Gasteiger partial charge in [-0.3, -0.25) is 4.79 Å². The number of carbonyl (C=O) groups excluding carboxylic acids is 1. The molecule has 0 heterocycles. The molecule has 0 spiro atoms. The summed E-state index contributed by atoms with van der Waals surface area (Å²) in [5.41, 5.74) is 0. The van der Waals surface area contributed by atoms with E-state index in [0.29, 0.717) is 0 Å². The minimum atomic E-state index is -0.859. The van der Waals surface area contributed by atoms with Gasteiger partial charge in [-0.05, 0) is 13.0 Å². The zero-order valence-electron chi connectivity index (χ0n) is 5.58. The molecular formula is C6H9FO3. The monoisotopic (exact) mass is 148 g/mol. The third-order valence-corrected chi connectivity index (χ3v) is 0.826. The van der Waals surface area contributed by atoms with E-state index in [1.807, 2.05) is 0 Å². The summed E-state index contributed by atoms with van der Waals surface area (Å²) in [4.78, 5) is 9.67. The Morgan fingerprint density at radius 1 is 1.90 bits per heavy atom. The Kier molecular flexibility index (Phi) is 4.49. The second-order valence-electron chi connectivity index (χ2n) is 1.71.